The van der Waals surface area contributed by atoms with Crippen LogP contribution in [-0.2, 0) is 11.3 Å². The van der Waals surface area contributed by atoms with E-state index in [1.165, 1.54) is 11.8 Å². The topological polar surface area (TPSA) is 65.4 Å². The maximum atomic E-state index is 12.2. The Morgan fingerprint density at radius 2 is 2.00 bits per heavy atom. The minimum absolute atomic E-state index is 0.0263. The van der Waals surface area contributed by atoms with Crippen LogP contribution in [0.15, 0.2) is 29.6 Å². The lowest BCUT2D eigenvalue weighted by atomic mass is 10.0. The third-order valence-electron chi connectivity index (χ3n) is 4.67. The number of amides is 1. The molecule has 0 atom stereocenters. The van der Waals surface area contributed by atoms with E-state index in [0.29, 0.717) is 19.0 Å². The smallest absolute Gasteiger partial charge is 0.230 e. The molecule has 27 heavy (non-hydrogen) atoms. The lowest BCUT2D eigenvalue weighted by Gasteiger charge is -2.24. The van der Waals surface area contributed by atoms with Gasteiger partial charge in [0.1, 0.15) is 13.2 Å². The second-order valence-corrected chi connectivity index (χ2v) is 8.05. The van der Waals surface area contributed by atoms with Gasteiger partial charge in [-0.1, -0.05) is 18.7 Å². The van der Waals surface area contributed by atoms with Crippen molar-refractivity contribution >= 4 is 17.7 Å². The van der Waals surface area contributed by atoms with Crippen LogP contribution in [0.25, 0.3) is 11.3 Å². The summed E-state index contributed by atoms with van der Waals surface area (Å²) >= 11 is 1.46. The molecule has 3 rings (SSSR count). The highest BCUT2D eigenvalue weighted by atomic mass is 32.2. The average Bonchev–Trinajstić information content (AvgIpc) is 3.08. The number of fused-ring (bicyclic) bond motifs is 1. The van der Waals surface area contributed by atoms with Gasteiger partial charge in [0.15, 0.2) is 16.7 Å². The Labute approximate surface area is 164 Å². The standard InChI is InChI=1S/C20H27N3O3S/c1-5-20(3,4)22-18(24)13-27-19-21-12-15(23(19)6-2)14-7-8-16-17(11-14)26-10-9-25-16/h7-8,11-12H,5-6,9-10,13H2,1-4H3,(H,22,24). The average molecular weight is 390 g/mol. The number of aromatic nitrogens is 2. The summed E-state index contributed by atoms with van der Waals surface area (Å²) < 4.78 is 13.4. The van der Waals surface area contributed by atoms with Crippen LogP contribution in [0.3, 0.4) is 0 Å². The van der Waals surface area contributed by atoms with Crippen molar-refractivity contribution in [1.29, 1.82) is 0 Å². The summed E-state index contributed by atoms with van der Waals surface area (Å²) in [7, 11) is 0. The molecule has 0 fully saturated rings. The Bertz CT molecular complexity index is 817. The van der Waals surface area contributed by atoms with Crippen LogP contribution in [0.2, 0.25) is 0 Å². The minimum atomic E-state index is -0.186. The van der Waals surface area contributed by atoms with Gasteiger partial charge in [0.05, 0.1) is 17.6 Å². The zero-order valence-corrected chi connectivity index (χ0v) is 17.2. The molecule has 0 saturated heterocycles. The molecule has 146 valence electrons. The molecule has 0 bridgehead atoms. The van der Waals surface area contributed by atoms with Crippen molar-refractivity contribution < 1.29 is 14.3 Å². The number of thioether (sulfide) groups is 1. The summed E-state index contributed by atoms with van der Waals surface area (Å²) in [4.78, 5) is 16.8. The van der Waals surface area contributed by atoms with Gasteiger partial charge in [0.2, 0.25) is 5.91 Å². The van der Waals surface area contributed by atoms with Gasteiger partial charge in [-0.25, -0.2) is 4.98 Å². The number of nitrogens with one attached hydrogen (secondary N) is 1. The quantitative estimate of drug-likeness (QED) is 0.731. The van der Waals surface area contributed by atoms with E-state index in [2.05, 4.69) is 28.7 Å². The molecule has 2 aromatic rings. The van der Waals surface area contributed by atoms with Crippen molar-refractivity contribution in [3.8, 4) is 22.8 Å². The summed E-state index contributed by atoms with van der Waals surface area (Å²) in [6, 6.07) is 5.94. The maximum absolute atomic E-state index is 12.2. The summed E-state index contributed by atoms with van der Waals surface area (Å²) in [5, 5.41) is 3.90. The molecule has 1 aliphatic heterocycles. The zero-order chi connectivity index (χ0) is 19.4. The molecule has 2 heterocycles. The molecule has 0 saturated carbocycles. The van der Waals surface area contributed by atoms with Gasteiger partial charge in [-0.3, -0.25) is 4.79 Å². The fourth-order valence-electron chi connectivity index (χ4n) is 2.84. The number of ether oxygens (including phenoxy) is 2. The Kier molecular flexibility index (Phi) is 5.99. The summed E-state index contributed by atoms with van der Waals surface area (Å²) in [5.74, 6) is 1.91. The lowest BCUT2D eigenvalue weighted by Crippen LogP contribution is -2.43. The molecule has 0 radical (unpaired) electrons. The fraction of sp³-hybridized carbons (Fsp3) is 0.500. The third-order valence-corrected chi connectivity index (χ3v) is 5.66. The van der Waals surface area contributed by atoms with Gasteiger partial charge in [-0.2, -0.15) is 0 Å². The molecule has 1 aliphatic rings. The number of benzene rings is 1. The van der Waals surface area contributed by atoms with E-state index in [-0.39, 0.29) is 11.4 Å². The van der Waals surface area contributed by atoms with E-state index in [9.17, 15) is 4.79 Å². The van der Waals surface area contributed by atoms with Crippen LogP contribution in [0.5, 0.6) is 11.5 Å². The predicted molar refractivity (Wildman–Crippen MR) is 108 cm³/mol. The Hall–Kier alpha value is -2.15. The van der Waals surface area contributed by atoms with Gasteiger partial charge in [0.25, 0.3) is 0 Å². The van der Waals surface area contributed by atoms with Gasteiger partial charge < -0.3 is 19.4 Å². The van der Waals surface area contributed by atoms with E-state index >= 15 is 0 Å². The Balaban J connectivity index is 1.74. The van der Waals surface area contributed by atoms with Crippen molar-refractivity contribution in [3.63, 3.8) is 0 Å². The molecule has 1 aromatic heterocycles. The number of nitrogens with zero attached hydrogens (tertiary/aromatic N) is 2. The van der Waals surface area contributed by atoms with Crippen LogP contribution in [0.4, 0.5) is 0 Å². The SMILES string of the molecule is CCn1c(-c2ccc3c(c2)OCCO3)cnc1SCC(=O)NC(C)(C)CC. The van der Waals surface area contributed by atoms with Gasteiger partial charge in [-0.15, -0.1) is 0 Å². The van der Waals surface area contributed by atoms with Gasteiger partial charge in [0, 0.05) is 17.6 Å². The van der Waals surface area contributed by atoms with Gasteiger partial charge in [-0.05, 0) is 45.4 Å². The van der Waals surface area contributed by atoms with Crippen molar-refractivity contribution in [3.05, 3.63) is 24.4 Å². The molecule has 1 amide bonds. The number of rotatable bonds is 7. The fourth-order valence-corrected chi connectivity index (χ4v) is 3.69. The number of imidazole rings is 1. The second kappa shape index (κ2) is 8.25. The van der Waals surface area contributed by atoms with Crippen LogP contribution in [-0.4, -0.2) is 40.0 Å². The van der Waals surface area contributed by atoms with Crippen molar-refractivity contribution in [2.24, 2.45) is 0 Å². The largest absolute Gasteiger partial charge is 0.486 e. The van der Waals surface area contributed by atoms with Crippen LogP contribution >= 0.6 is 11.8 Å². The Morgan fingerprint density at radius 3 is 2.70 bits per heavy atom. The number of carbonyl (C=O) groups is 1. The normalized spacial score (nSPS) is 13.5. The zero-order valence-electron chi connectivity index (χ0n) is 16.4. The lowest BCUT2D eigenvalue weighted by molar-refractivity contribution is -0.120. The van der Waals surface area contributed by atoms with Crippen LogP contribution in [0, 0.1) is 0 Å². The van der Waals surface area contributed by atoms with Crippen LogP contribution < -0.4 is 14.8 Å². The molecule has 1 aromatic carbocycles. The summed E-state index contributed by atoms with van der Waals surface area (Å²) in [6.07, 6.45) is 2.74. The molecule has 0 unspecified atom stereocenters. The highest BCUT2D eigenvalue weighted by Crippen LogP contribution is 2.35. The molecule has 0 spiro atoms. The molecule has 0 aliphatic carbocycles. The molecular formula is C20H27N3O3S. The van der Waals surface area contributed by atoms with Crippen molar-refractivity contribution in [1.82, 2.24) is 14.9 Å². The molecule has 1 N–H and O–H groups in total. The first-order valence-corrected chi connectivity index (χ1v) is 10.3. The number of hydrogen-bond acceptors (Lipinski definition) is 5. The number of hydrogen-bond donors (Lipinski definition) is 1. The monoisotopic (exact) mass is 389 g/mol. The summed E-state index contributed by atoms with van der Waals surface area (Å²) in [5.41, 5.74) is 1.84. The minimum Gasteiger partial charge on any atom is -0.486 e. The predicted octanol–water partition coefficient (Wildman–Crippen LogP) is 3.74. The van der Waals surface area contributed by atoms with Crippen molar-refractivity contribution in [2.75, 3.05) is 19.0 Å². The van der Waals surface area contributed by atoms with E-state index in [1.807, 2.05) is 38.2 Å². The first kappa shape index (κ1) is 19.6. The maximum Gasteiger partial charge on any atom is 0.230 e. The number of carbonyl (C=O) groups excluding carboxylic acids is 1. The first-order chi connectivity index (χ1) is 12.9. The van der Waals surface area contributed by atoms with E-state index in [1.54, 1.807) is 0 Å². The van der Waals surface area contributed by atoms with Gasteiger partial charge >= 0.3 is 0 Å². The molecular weight excluding hydrogens is 362 g/mol. The van der Waals surface area contributed by atoms with E-state index < -0.39 is 0 Å². The summed E-state index contributed by atoms with van der Waals surface area (Å²) in [6.45, 7) is 10.1. The molecule has 6 nitrogen and oxygen atoms in total. The second-order valence-electron chi connectivity index (χ2n) is 7.10. The van der Waals surface area contributed by atoms with E-state index in [4.69, 9.17) is 9.47 Å². The Morgan fingerprint density at radius 1 is 1.26 bits per heavy atom. The highest BCUT2D eigenvalue weighted by molar-refractivity contribution is 7.99. The van der Waals surface area contributed by atoms with E-state index in [0.717, 1.165) is 40.9 Å². The third kappa shape index (κ3) is 4.58. The highest BCUT2D eigenvalue weighted by Gasteiger charge is 2.20. The van der Waals surface area contributed by atoms with Crippen molar-refractivity contribution in [2.45, 2.75) is 51.4 Å². The van der Waals surface area contributed by atoms with Crippen LogP contribution in [0.1, 0.15) is 34.1 Å². The molecule has 7 heteroatoms. The first-order valence-electron chi connectivity index (χ1n) is 9.33.